The summed E-state index contributed by atoms with van der Waals surface area (Å²) in [6.45, 7) is 2.38. The Morgan fingerprint density at radius 3 is 2.63 bits per heavy atom. The molecule has 0 unspecified atom stereocenters. The molecule has 1 saturated heterocycles. The van der Waals surface area contributed by atoms with Crippen LogP contribution in [0.1, 0.15) is 18.1 Å². The number of benzene rings is 2. The zero-order valence-corrected chi connectivity index (χ0v) is 15.8. The Bertz CT molecular complexity index is 925. The average molecular weight is 409 g/mol. The van der Waals surface area contributed by atoms with Crippen molar-refractivity contribution >= 4 is 46.0 Å². The van der Waals surface area contributed by atoms with Crippen molar-refractivity contribution in [2.75, 3.05) is 11.5 Å². The molecule has 0 aromatic heterocycles. The zero-order chi connectivity index (χ0) is 19.6. The van der Waals surface area contributed by atoms with E-state index in [1.807, 2.05) is 6.92 Å². The second-order valence-electron chi connectivity index (χ2n) is 5.57. The number of rotatable bonds is 4. The van der Waals surface area contributed by atoms with Crippen LogP contribution in [-0.4, -0.2) is 16.8 Å². The molecule has 8 heteroatoms. The monoisotopic (exact) mass is 409 g/mol. The van der Waals surface area contributed by atoms with Crippen molar-refractivity contribution in [3.05, 3.63) is 64.6 Å². The van der Waals surface area contributed by atoms with Gasteiger partial charge in [0.25, 0.3) is 5.91 Å². The normalized spacial score (nSPS) is 16.3. The predicted octanol–water partition coefficient (Wildman–Crippen LogP) is 5.51. The molecule has 1 aliphatic rings. The molecule has 2 aromatic carbocycles. The van der Waals surface area contributed by atoms with E-state index in [9.17, 15) is 18.0 Å². The average Bonchev–Trinajstić information content (AvgIpc) is 2.88. The summed E-state index contributed by atoms with van der Waals surface area (Å²) in [6, 6.07) is 11.7. The quantitative estimate of drug-likeness (QED) is 0.492. The third kappa shape index (κ3) is 4.33. The van der Waals surface area contributed by atoms with Gasteiger partial charge in [-0.1, -0.05) is 42.2 Å². The van der Waals surface area contributed by atoms with Gasteiger partial charge in [-0.2, -0.15) is 13.2 Å². The molecule has 0 N–H and O–H groups in total. The molecule has 0 atom stereocenters. The number of nitrogens with zero attached hydrogens (tertiary/aromatic N) is 1. The Labute approximate surface area is 163 Å². The summed E-state index contributed by atoms with van der Waals surface area (Å²) in [5, 5.41) is 0. The van der Waals surface area contributed by atoms with Crippen LogP contribution in [-0.2, 0) is 11.0 Å². The van der Waals surface area contributed by atoms with Crippen LogP contribution in [0, 0.1) is 0 Å². The summed E-state index contributed by atoms with van der Waals surface area (Å²) in [7, 11) is 0. The standard InChI is InChI=1S/C19H14F3NO2S2/c1-2-25-15-8-3-5-12(9-15)10-16-17(24)23(18(26)27-16)14-7-4-6-13(11-14)19(20,21)22/h3-11H,2H2,1H3/b16-10+. The van der Waals surface area contributed by atoms with Gasteiger partial charge < -0.3 is 4.74 Å². The van der Waals surface area contributed by atoms with Gasteiger partial charge in [0.15, 0.2) is 4.32 Å². The van der Waals surface area contributed by atoms with Gasteiger partial charge in [-0.25, -0.2) is 0 Å². The lowest BCUT2D eigenvalue weighted by atomic mass is 10.1. The Hall–Kier alpha value is -2.32. The fraction of sp³-hybridized carbons (Fsp3) is 0.158. The molecule has 1 fully saturated rings. The lowest BCUT2D eigenvalue weighted by Gasteiger charge is -2.16. The number of ether oxygens (including phenoxy) is 1. The molecule has 140 valence electrons. The number of thiocarbonyl (C=S) groups is 1. The lowest BCUT2D eigenvalue weighted by Crippen LogP contribution is -2.27. The first-order valence-corrected chi connectivity index (χ1v) is 9.20. The van der Waals surface area contributed by atoms with Crippen molar-refractivity contribution in [3.8, 4) is 5.75 Å². The van der Waals surface area contributed by atoms with Crippen LogP contribution >= 0.6 is 24.0 Å². The first-order chi connectivity index (χ1) is 12.8. The maximum atomic E-state index is 12.9. The minimum Gasteiger partial charge on any atom is -0.494 e. The number of anilines is 1. The fourth-order valence-electron chi connectivity index (χ4n) is 2.52. The van der Waals surface area contributed by atoms with Gasteiger partial charge in [0.05, 0.1) is 22.8 Å². The highest BCUT2D eigenvalue weighted by atomic mass is 32.2. The fourth-order valence-corrected chi connectivity index (χ4v) is 3.82. The largest absolute Gasteiger partial charge is 0.494 e. The molecular weight excluding hydrogens is 395 g/mol. The van der Waals surface area contributed by atoms with E-state index >= 15 is 0 Å². The van der Waals surface area contributed by atoms with Crippen LogP contribution < -0.4 is 9.64 Å². The highest BCUT2D eigenvalue weighted by Gasteiger charge is 2.36. The first kappa shape index (κ1) is 19.4. The number of carbonyl (C=O) groups excluding carboxylic acids is 1. The van der Waals surface area contributed by atoms with Crippen molar-refractivity contribution < 1.29 is 22.7 Å². The summed E-state index contributed by atoms with van der Waals surface area (Å²) in [6.07, 6.45) is -2.85. The van der Waals surface area contributed by atoms with Gasteiger partial charge in [-0.3, -0.25) is 9.69 Å². The predicted molar refractivity (Wildman–Crippen MR) is 105 cm³/mol. The van der Waals surface area contributed by atoms with Crippen LogP contribution in [0.25, 0.3) is 6.08 Å². The summed E-state index contributed by atoms with van der Waals surface area (Å²) >= 11 is 6.27. The van der Waals surface area contributed by atoms with E-state index < -0.39 is 17.6 Å². The van der Waals surface area contributed by atoms with Gasteiger partial charge >= 0.3 is 6.18 Å². The van der Waals surface area contributed by atoms with Crippen LogP contribution in [0.3, 0.4) is 0 Å². The number of thioether (sulfide) groups is 1. The summed E-state index contributed by atoms with van der Waals surface area (Å²) < 4.78 is 44.5. The van der Waals surface area contributed by atoms with Crippen molar-refractivity contribution in [2.45, 2.75) is 13.1 Å². The molecule has 2 aromatic rings. The smallest absolute Gasteiger partial charge is 0.416 e. The third-order valence-electron chi connectivity index (χ3n) is 3.69. The SMILES string of the molecule is CCOc1cccc(/C=C2/SC(=S)N(c3cccc(C(F)(F)F)c3)C2=O)c1. The Morgan fingerprint density at radius 1 is 1.19 bits per heavy atom. The van der Waals surface area contributed by atoms with Crippen LogP contribution in [0.4, 0.5) is 18.9 Å². The molecule has 1 aliphatic heterocycles. The molecule has 0 aliphatic carbocycles. The van der Waals surface area contributed by atoms with E-state index in [4.69, 9.17) is 17.0 Å². The van der Waals surface area contributed by atoms with Crippen molar-refractivity contribution in [1.29, 1.82) is 0 Å². The van der Waals surface area contributed by atoms with E-state index in [0.717, 1.165) is 34.4 Å². The van der Waals surface area contributed by atoms with E-state index in [2.05, 4.69) is 0 Å². The maximum Gasteiger partial charge on any atom is 0.416 e. The minimum atomic E-state index is -4.49. The molecule has 0 saturated carbocycles. The Kier molecular flexibility index (Phi) is 5.57. The van der Waals surface area contributed by atoms with Gasteiger partial charge in [0.1, 0.15) is 5.75 Å². The number of alkyl halides is 3. The maximum absolute atomic E-state index is 12.9. The highest BCUT2D eigenvalue weighted by molar-refractivity contribution is 8.27. The van der Waals surface area contributed by atoms with Gasteiger partial charge in [0, 0.05) is 0 Å². The number of amides is 1. The van der Waals surface area contributed by atoms with Crippen molar-refractivity contribution in [1.82, 2.24) is 0 Å². The van der Waals surface area contributed by atoms with Gasteiger partial charge in [0.2, 0.25) is 0 Å². The van der Waals surface area contributed by atoms with Crippen LogP contribution in [0.2, 0.25) is 0 Å². The molecule has 27 heavy (non-hydrogen) atoms. The summed E-state index contributed by atoms with van der Waals surface area (Å²) in [5.74, 6) is 0.214. The molecule has 0 radical (unpaired) electrons. The van der Waals surface area contributed by atoms with Gasteiger partial charge in [-0.15, -0.1) is 0 Å². The molecule has 3 nitrogen and oxygen atoms in total. The highest BCUT2D eigenvalue weighted by Crippen LogP contribution is 2.38. The second kappa shape index (κ2) is 7.74. The minimum absolute atomic E-state index is 0.0961. The molecule has 1 amide bonds. The van der Waals surface area contributed by atoms with E-state index in [1.165, 1.54) is 12.1 Å². The van der Waals surface area contributed by atoms with Crippen molar-refractivity contribution in [2.24, 2.45) is 0 Å². The van der Waals surface area contributed by atoms with Gasteiger partial charge in [-0.05, 0) is 48.9 Å². The third-order valence-corrected chi connectivity index (χ3v) is 4.99. The first-order valence-electron chi connectivity index (χ1n) is 7.97. The summed E-state index contributed by atoms with van der Waals surface area (Å²) in [4.78, 5) is 14.2. The molecule has 1 heterocycles. The Morgan fingerprint density at radius 2 is 1.93 bits per heavy atom. The Balaban J connectivity index is 1.91. The molecular formula is C19H14F3NO2S2. The lowest BCUT2D eigenvalue weighted by molar-refractivity contribution is -0.137. The second-order valence-corrected chi connectivity index (χ2v) is 7.25. The summed E-state index contributed by atoms with van der Waals surface area (Å²) in [5.41, 5.74) is 0.00623. The van der Waals surface area contributed by atoms with Crippen LogP contribution in [0.15, 0.2) is 53.4 Å². The number of hydrogen-bond donors (Lipinski definition) is 0. The van der Waals surface area contributed by atoms with E-state index in [-0.39, 0.29) is 10.0 Å². The molecule has 0 bridgehead atoms. The van der Waals surface area contributed by atoms with E-state index in [0.29, 0.717) is 17.3 Å². The number of carbonyl (C=O) groups is 1. The van der Waals surface area contributed by atoms with Crippen LogP contribution in [0.5, 0.6) is 5.75 Å². The zero-order valence-electron chi connectivity index (χ0n) is 14.1. The van der Waals surface area contributed by atoms with E-state index in [1.54, 1.807) is 30.3 Å². The van der Waals surface area contributed by atoms with Crippen molar-refractivity contribution in [3.63, 3.8) is 0 Å². The molecule has 3 rings (SSSR count). The topological polar surface area (TPSA) is 29.5 Å². The molecule has 0 spiro atoms. The number of hydrogen-bond acceptors (Lipinski definition) is 4. The number of halogens is 3.